The highest BCUT2D eigenvalue weighted by Gasteiger charge is 2.19. The van der Waals surface area contributed by atoms with Crippen LogP contribution >= 0.6 is 0 Å². The highest BCUT2D eigenvalue weighted by Crippen LogP contribution is 2.23. The molecule has 0 saturated carbocycles. The maximum Gasteiger partial charge on any atom is 0.266 e. The molecule has 0 radical (unpaired) electrons. The van der Waals surface area contributed by atoms with E-state index in [1.807, 2.05) is 24.3 Å². The molecule has 2 aromatic carbocycles. The zero-order valence-electron chi connectivity index (χ0n) is 16.6. The van der Waals surface area contributed by atoms with E-state index in [9.17, 15) is 4.79 Å². The van der Waals surface area contributed by atoms with Crippen LogP contribution in [0.2, 0.25) is 0 Å². The van der Waals surface area contributed by atoms with Gasteiger partial charge in [-0.3, -0.25) is 9.36 Å². The number of benzene rings is 2. The fraction of sp³-hybridized carbons (Fsp3) is 0.208. The number of aromatic nitrogens is 3. The van der Waals surface area contributed by atoms with Crippen LogP contribution in [0, 0.1) is 13.8 Å². The Morgan fingerprint density at radius 1 is 0.966 bits per heavy atom. The van der Waals surface area contributed by atoms with Crippen molar-refractivity contribution in [1.29, 1.82) is 0 Å². The lowest BCUT2D eigenvalue weighted by atomic mass is 10.0. The molecule has 5 heteroatoms. The Kier molecular flexibility index (Phi) is 4.16. The smallest absolute Gasteiger partial charge is 0.266 e. The van der Waals surface area contributed by atoms with Gasteiger partial charge in [-0.1, -0.05) is 30.3 Å². The van der Waals surface area contributed by atoms with Gasteiger partial charge in [0.2, 0.25) is 5.95 Å². The van der Waals surface area contributed by atoms with Gasteiger partial charge in [0.05, 0.1) is 10.9 Å². The number of pyridine rings is 1. The molecule has 0 amide bonds. The highest BCUT2D eigenvalue weighted by molar-refractivity contribution is 5.78. The molecule has 29 heavy (non-hydrogen) atoms. The number of rotatable bonds is 2. The van der Waals surface area contributed by atoms with Gasteiger partial charge in [-0.25, -0.2) is 9.97 Å². The summed E-state index contributed by atoms with van der Waals surface area (Å²) < 4.78 is 1.66. The summed E-state index contributed by atoms with van der Waals surface area (Å²) in [5, 5.41) is 0.534. The summed E-state index contributed by atoms with van der Waals surface area (Å²) in [5.74, 6) is 0.676. The third-order valence-electron chi connectivity index (χ3n) is 5.82. The van der Waals surface area contributed by atoms with Crippen LogP contribution in [0.1, 0.15) is 22.3 Å². The summed E-state index contributed by atoms with van der Waals surface area (Å²) in [7, 11) is 0. The Balaban J connectivity index is 1.52. The molecular weight excluding hydrogens is 360 g/mol. The summed E-state index contributed by atoms with van der Waals surface area (Å²) >= 11 is 0. The van der Waals surface area contributed by atoms with Crippen LogP contribution in [-0.2, 0) is 13.0 Å². The SMILES string of the molecule is Cc1ccc(-n2ccc3nc(N4CCc5ccccc5C4)ncc3c2=O)cc1C. The van der Waals surface area contributed by atoms with Crippen LogP contribution in [0.15, 0.2) is 65.7 Å². The van der Waals surface area contributed by atoms with Crippen molar-refractivity contribution in [2.75, 3.05) is 11.4 Å². The summed E-state index contributed by atoms with van der Waals surface area (Å²) in [5.41, 5.74) is 6.51. The minimum absolute atomic E-state index is 0.0960. The van der Waals surface area contributed by atoms with Crippen LogP contribution in [0.25, 0.3) is 16.6 Å². The Morgan fingerprint density at radius 3 is 2.62 bits per heavy atom. The average Bonchev–Trinajstić information content (AvgIpc) is 2.75. The van der Waals surface area contributed by atoms with E-state index in [0.717, 1.165) is 30.8 Å². The van der Waals surface area contributed by atoms with Gasteiger partial charge in [0.25, 0.3) is 5.56 Å². The molecule has 0 unspecified atom stereocenters. The van der Waals surface area contributed by atoms with Gasteiger partial charge in [0, 0.05) is 31.2 Å². The normalized spacial score (nSPS) is 13.5. The van der Waals surface area contributed by atoms with E-state index >= 15 is 0 Å². The fourth-order valence-corrected chi connectivity index (χ4v) is 3.92. The number of aryl methyl sites for hydroxylation is 2. The number of fused-ring (bicyclic) bond motifs is 2. The van der Waals surface area contributed by atoms with Crippen molar-refractivity contribution in [2.45, 2.75) is 26.8 Å². The summed E-state index contributed by atoms with van der Waals surface area (Å²) in [6.45, 7) is 5.79. The van der Waals surface area contributed by atoms with Crippen LogP contribution in [0.5, 0.6) is 0 Å². The van der Waals surface area contributed by atoms with E-state index in [1.165, 1.54) is 16.7 Å². The fourth-order valence-electron chi connectivity index (χ4n) is 3.92. The molecule has 2 aromatic heterocycles. The second kappa shape index (κ2) is 6.85. The maximum absolute atomic E-state index is 13.0. The van der Waals surface area contributed by atoms with Gasteiger partial charge in [-0.15, -0.1) is 0 Å². The molecule has 0 bridgehead atoms. The standard InChI is InChI=1S/C24H22N4O/c1-16-7-8-20(13-17(16)2)28-12-10-22-21(23(28)29)14-25-24(26-22)27-11-9-18-5-3-4-6-19(18)15-27/h3-8,10,12-14H,9,11,15H2,1-2H3. The van der Waals surface area contributed by atoms with Crippen molar-refractivity contribution in [1.82, 2.24) is 14.5 Å². The minimum atomic E-state index is -0.0960. The Bertz CT molecular complexity index is 1290. The molecule has 144 valence electrons. The van der Waals surface area contributed by atoms with E-state index in [1.54, 1.807) is 17.0 Å². The molecule has 0 saturated heterocycles. The molecule has 1 aliphatic rings. The van der Waals surface area contributed by atoms with Gasteiger partial charge in [-0.05, 0) is 60.7 Å². The predicted octanol–water partition coefficient (Wildman–Crippen LogP) is 3.96. The van der Waals surface area contributed by atoms with Crippen molar-refractivity contribution >= 4 is 16.9 Å². The third-order valence-corrected chi connectivity index (χ3v) is 5.82. The average molecular weight is 382 g/mol. The summed E-state index contributed by atoms with van der Waals surface area (Å²) in [4.78, 5) is 24.5. The topological polar surface area (TPSA) is 51.0 Å². The van der Waals surface area contributed by atoms with E-state index in [-0.39, 0.29) is 5.56 Å². The first-order chi connectivity index (χ1) is 14.1. The lowest BCUT2D eigenvalue weighted by Crippen LogP contribution is -2.31. The van der Waals surface area contributed by atoms with E-state index in [0.29, 0.717) is 16.9 Å². The van der Waals surface area contributed by atoms with E-state index in [2.05, 4.69) is 48.0 Å². The second-order valence-corrected chi connectivity index (χ2v) is 7.67. The molecule has 5 nitrogen and oxygen atoms in total. The van der Waals surface area contributed by atoms with Crippen molar-refractivity contribution in [3.63, 3.8) is 0 Å². The Morgan fingerprint density at radius 2 is 1.79 bits per heavy atom. The lowest BCUT2D eigenvalue weighted by molar-refractivity contribution is 0.710. The first-order valence-electron chi connectivity index (χ1n) is 9.88. The summed E-state index contributed by atoms with van der Waals surface area (Å²) in [6, 6.07) is 16.4. The van der Waals surface area contributed by atoms with Crippen molar-refractivity contribution < 1.29 is 0 Å². The van der Waals surface area contributed by atoms with Crippen LogP contribution in [0.4, 0.5) is 5.95 Å². The monoisotopic (exact) mass is 382 g/mol. The number of hydrogen-bond donors (Lipinski definition) is 0. The molecule has 0 N–H and O–H groups in total. The molecule has 0 aliphatic carbocycles. The predicted molar refractivity (Wildman–Crippen MR) is 116 cm³/mol. The quantitative estimate of drug-likeness (QED) is 0.527. The number of anilines is 1. The molecule has 4 aromatic rings. The third kappa shape index (κ3) is 3.09. The zero-order valence-corrected chi connectivity index (χ0v) is 16.6. The number of hydrogen-bond acceptors (Lipinski definition) is 4. The molecule has 3 heterocycles. The van der Waals surface area contributed by atoms with Crippen molar-refractivity contribution in [2.24, 2.45) is 0 Å². The largest absolute Gasteiger partial charge is 0.336 e. The van der Waals surface area contributed by atoms with Gasteiger partial charge < -0.3 is 4.90 Å². The minimum Gasteiger partial charge on any atom is -0.336 e. The highest BCUT2D eigenvalue weighted by atomic mass is 16.1. The second-order valence-electron chi connectivity index (χ2n) is 7.67. The van der Waals surface area contributed by atoms with Gasteiger partial charge in [0.1, 0.15) is 0 Å². The molecular formula is C24H22N4O. The zero-order chi connectivity index (χ0) is 20.0. The summed E-state index contributed by atoms with van der Waals surface area (Å²) in [6.07, 6.45) is 4.45. The van der Waals surface area contributed by atoms with Crippen LogP contribution in [0.3, 0.4) is 0 Å². The molecule has 5 rings (SSSR count). The Hall–Kier alpha value is -3.47. The van der Waals surface area contributed by atoms with E-state index < -0.39 is 0 Å². The first-order valence-corrected chi connectivity index (χ1v) is 9.88. The van der Waals surface area contributed by atoms with Crippen LogP contribution in [-0.4, -0.2) is 21.1 Å². The number of nitrogens with zero attached hydrogens (tertiary/aromatic N) is 4. The van der Waals surface area contributed by atoms with Gasteiger partial charge in [-0.2, -0.15) is 0 Å². The van der Waals surface area contributed by atoms with Crippen LogP contribution < -0.4 is 10.5 Å². The maximum atomic E-state index is 13.0. The van der Waals surface area contributed by atoms with E-state index in [4.69, 9.17) is 4.98 Å². The molecule has 0 fully saturated rings. The molecule has 0 spiro atoms. The Labute approximate surface area is 169 Å². The van der Waals surface area contributed by atoms with Gasteiger partial charge >= 0.3 is 0 Å². The molecule has 0 atom stereocenters. The van der Waals surface area contributed by atoms with Gasteiger partial charge in [0.15, 0.2) is 0 Å². The molecule has 1 aliphatic heterocycles. The van der Waals surface area contributed by atoms with Crippen molar-refractivity contribution in [3.05, 3.63) is 93.5 Å². The first kappa shape index (κ1) is 17.6. The van der Waals surface area contributed by atoms with Crippen molar-refractivity contribution in [3.8, 4) is 5.69 Å². The lowest BCUT2D eigenvalue weighted by Gasteiger charge is -2.28.